The number of hydrogen-bond donors (Lipinski definition) is 1. The number of carboxylic acid groups (broad SMARTS) is 1. The number of nitrogens with zero attached hydrogens (tertiary/aromatic N) is 2. The number of hydrogen-bond acceptors (Lipinski definition) is 4. The second-order valence-electron chi connectivity index (χ2n) is 4.97. The van der Waals surface area contributed by atoms with Crippen LogP contribution in [0.3, 0.4) is 0 Å². The standard InChI is InChI=1S/C14H20N2O3/c1-9-8-12(13(14(17)18)10(2)15-9)16(6-7-19-3)11-4-5-11/h8,11H,4-7H2,1-3H3,(H,17,18). The molecule has 5 heteroatoms. The first-order chi connectivity index (χ1) is 9.04. The fraction of sp³-hybridized carbons (Fsp3) is 0.571. The number of aromatic carboxylic acids is 1. The van der Waals surface area contributed by atoms with Crippen molar-refractivity contribution in [2.75, 3.05) is 25.2 Å². The number of pyridine rings is 1. The lowest BCUT2D eigenvalue weighted by Gasteiger charge is -2.26. The molecule has 19 heavy (non-hydrogen) atoms. The molecule has 5 nitrogen and oxygen atoms in total. The van der Waals surface area contributed by atoms with E-state index in [4.69, 9.17) is 4.74 Å². The molecular formula is C14H20N2O3. The molecule has 1 aromatic heterocycles. The molecule has 0 unspecified atom stereocenters. The molecule has 2 rings (SSSR count). The fourth-order valence-electron chi connectivity index (χ4n) is 2.37. The third-order valence-corrected chi connectivity index (χ3v) is 3.35. The van der Waals surface area contributed by atoms with Gasteiger partial charge in [-0.3, -0.25) is 4.98 Å². The van der Waals surface area contributed by atoms with Crippen molar-refractivity contribution in [2.24, 2.45) is 0 Å². The van der Waals surface area contributed by atoms with Crippen LogP contribution < -0.4 is 4.90 Å². The minimum atomic E-state index is -0.914. The highest BCUT2D eigenvalue weighted by Crippen LogP contribution is 2.34. The minimum absolute atomic E-state index is 0.314. The van der Waals surface area contributed by atoms with Crippen LogP contribution in [0.2, 0.25) is 0 Å². The van der Waals surface area contributed by atoms with Crippen molar-refractivity contribution in [1.82, 2.24) is 4.98 Å². The molecule has 1 fully saturated rings. The summed E-state index contributed by atoms with van der Waals surface area (Å²) in [6, 6.07) is 2.30. The first-order valence-corrected chi connectivity index (χ1v) is 6.51. The van der Waals surface area contributed by atoms with Crippen molar-refractivity contribution in [2.45, 2.75) is 32.7 Å². The Balaban J connectivity index is 2.42. The van der Waals surface area contributed by atoms with Gasteiger partial charge in [-0.25, -0.2) is 4.79 Å². The Morgan fingerprint density at radius 1 is 1.53 bits per heavy atom. The van der Waals surface area contributed by atoms with E-state index in [1.165, 1.54) is 0 Å². The van der Waals surface area contributed by atoms with Gasteiger partial charge in [0.25, 0.3) is 0 Å². The summed E-state index contributed by atoms with van der Waals surface area (Å²) in [5.41, 5.74) is 2.51. The minimum Gasteiger partial charge on any atom is -0.478 e. The summed E-state index contributed by atoms with van der Waals surface area (Å²) >= 11 is 0. The number of aryl methyl sites for hydroxylation is 2. The van der Waals surface area contributed by atoms with E-state index in [-0.39, 0.29) is 0 Å². The zero-order valence-corrected chi connectivity index (χ0v) is 11.6. The predicted octanol–water partition coefficient (Wildman–Crippen LogP) is 2.01. The Hall–Kier alpha value is -1.62. The molecule has 0 radical (unpaired) electrons. The molecule has 1 aromatic rings. The van der Waals surface area contributed by atoms with Crippen molar-refractivity contribution < 1.29 is 14.6 Å². The number of aromatic nitrogens is 1. The van der Waals surface area contributed by atoms with Crippen LogP contribution in [-0.4, -0.2) is 42.4 Å². The maximum Gasteiger partial charge on any atom is 0.339 e. The molecule has 0 spiro atoms. The average molecular weight is 264 g/mol. The lowest BCUT2D eigenvalue weighted by Crippen LogP contribution is -2.31. The number of anilines is 1. The van der Waals surface area contributed by atoms with Crippen LogP contribution in [0.4, 0.5) is 5.69 Å². The summed E-state index contributed by atoms with van der Waals surface area (Å²) in [6.07, 6.45) is 2.23. The second kappa shape index (κ2) is 5.57. The molecule has 0 atom stereocenters. The maximum atomic E-state index is 11.5. The van der Waals surface area contributed by atoms with E-state index >= 15 is 0 Å². The van der Waals surface area contributed by atoms with Crippen LogP contribution in [0, 0.1) is 13.8 Å². The van der Waals surface area contributed by atoms with E-state index in [9.17, 15) is 9.90 Å². The van der Waals surface area contributed by atoms with Crippen molar-refractivity contribution in [1.29, 1.82) is 0 Å². The summed E-state index contributed by atoms with van der Waals surface area (Å²) in [4.78, 5) is 17.9. The van der Waals surface area contributed by atoms with E-state index in [2.05, 4.69) is 9.88 Å². The number of carbonyl (C=O) groups is 1. The van der Waals surface area contributed by atoms with Crippen molar-refractivity contribution >= 4 is 11.7 Å². The normalized spacial score (nSPS) is 14.5. The van der Waals surface area contributed by atoms with Crippen molar-refractivity contribution in [3.63, 3.8) is 0 Å². The van der Waals surface area contributed by atoms with Gasteiger partial charge in [0.15, 0.2) is 0 Å². The molecule has 1 saturated carbocycles. The molecule has 0 bridgehead atoms. The molecular weight excluding hydrogens is 244 g/mol. The zero-order valence-electron chi connectivity index (χ0n) is 11.6. The van der Waals surface area contributed by atoms with E-state index in [1.54, 1.807) is 14.0 Å². The van der Waals surface area contributed by atoms with Gasteiger partial charge in [-0.15, -0.1) is 0 Å². The zero-order chi connectivity index (χ0) is 14.0. The summed E-state index contributed by atoms with van der Waals surface area (Å²) < 4.78 is 5.13. The lowest BCUT2D eigenvalue weighted by molar-refractivity contribution is 0.0696. The Bertz CT molecular complexity index is 484. The highest BCUT2D eigenvalue weighted by molar-refractivity contribution is 5.95. The molecule has 0 aliphatic heterocycles. The number of methoxy groups -OCH3 is 1. The Labute approximate surface area is 113 Å². The van der Waals surface area contributed by atoms with Crippen LogP contribution in [0.25, 0.3) is 0 Å². The van der Waals surface area contributed by atoms with Crippen LogP contribution in [-0.2, 0) is 4.74 Å². The Morgan fingerprint density at radius 2 is 2.21 bits per heavy atom. The van der Waals surface area contributed by atoms with Gasteiger partial charge in [-0.2, -0.15) is 0 Å². The van der Waals surface area contributed by atoms with Gasteiger partial charge in [-0.05, 0) is 32.8 Å². The quantitative estimate of drug-likeness (QED) is 0.851. The van der Waals surface area contributed by atoms with Gasteiger partial charge < -0.3 is 14.7 Å². The highest BCUT2D eigenvalue weighted by Gasteiger charge is 2.32. The van der Waals surface area contributed by atoms with E-state index < -0.39 is 5.97 Å². The monoisotopic (exact) mass is 264 g/mol. The largest absolute Gasteiger partial charge is 0.478 e. The number of carboxylic acids is 1. The van der Waals surface area contributed by atoms with E-state index in [1.807, 2.05) is 13.0 Å². The molecule has 1 aliphatic carbocycles. The fourth-order valence-corrected chi connectivity index (χ4v) is 2.37. The van der Waals surface area contributed by atoms with Crippen molar-refractivity contribution in [3.8, 4) is 0 Å². The van der Waals surface area contributed by atoms with Gasteiger partial charge in [0.05, 0.1) is 18.0 Å². The van der Waals surface area contributed by atoms with Crippen LogP contribution in [0.1, 0.15) is 34.6 Å². The molecule has 1 N–H and O–H groups in total. The van der Waals surface area contributed by atoms with Crippen LogP contribution in [0.15, 0.2) is 6.07 Å². The summed E-state index contributed by atoms with van der Waals surface area (Å²) in [5.74, 6) is -0.914. The van der Waals surface area contributed by atoms with Crippen molar-refractivity contribution in [3.05, 3.63) is 23.0 Å². The lowest BCUT2D eigenvalue weighted by atomic mass is 10.1. The SMILES string of the molecule is COCCN(c1cc(C)nc(C)c1C(=O)O)C1CC1. The summed E-state index contributed by atoms with van der Waals surface area (Å²) in [7, 11) is 1.66. The third-order valence-electron chi connectivity index (χ3n) is 3.35. The van der Waals surface area contributed by atoms with Gasteiger partial charge in [0, 0.05) is 25.4 Å². The molecule has 0 aromatic carbocycles. The second-order valence-corrected chi connectivity index (χ2v) is 4.97. The Morgan fingerprint density at radius 3 is 2.74 bits per heavy atom. The first-order valence-electron chi connectivity index (χ1n) is 6.51. The van der Waals surface area contributed by atoms with Crippen LogP contribution >= 0.6 is 0 Å². The number of ether oxygens (including phenoxy) is 1. The third kappa shape index (κ3) is 3.04. The summed E-state index contributed by atoms with van der Waals surface area (Å²) in [5, 5.41) is 9.42. The predicted molar refractivity (Wildman–Crippen MR) is 72.9 cm³/mol. The van der Waals surface area contributed by atoms with Gasteiger partial charge in [-0.1, -0.05) is 0 Å². The molecule has 1 heterocycles. The highest BCUT2D eigenvalue weighted by atomic mass is 16.5. The van der Waals surface area contributed by atoms with Gasteiger partial charge in [0.1, 0.15) is 5.56 Å². The van der Waals surface area contributed by atoms with E-state index in [0.717, 1.165) is 24.2 Å². The molecule has 0 saturated heterocycles. The number of rotatable bonds is 6. The first kappa shape index (κ1) is 13.8. The molecule has 1 aliphatic rings. The molecule has 0 amide bonds. The van der Waals surface area contributed by atoms with Crippen LogP contribution in [0.5, 0.6) is 0 Å². The Kier molecular flexibility index (Phi) is 4.04. The van der Waals surface area contributed by atoms with E-state index in [0.29, 0.717) is 30.5 Å². The molecule has 104 valence electrons. The van der Waals surface area contributed by atoms with Gasteiger partial charge in [0.2, 0.25) is 0 Å². The summed E-state index contributed by atoms with van der Waals surface area (Å²) in [6.45, 7) is 4.95. The maximum absolute atomic E-state index is 11.5. The topological polar surface area (TPSA) is 62.7 Å². The van der Waals surface area contributed by atoms with Gasteiger partial charge >= 0.3 is 5.97 Å². The smallest absolute Gasteiger partial charge is 0.339 e. The average Bonchev–Trinajstić information content (AvgIpc) is 3.12.